The monoisotopic (exact) mass is 230 g/mol. The number of alkyl halides is 2. The van der Waals surface area contributed by atoms with E-state index in [2.05, 4.69) is 5.32 Å². The molecule has 0 saturated heterocycles. The molecule has 0 aliphatic heterocycles. The molecular formula is C10H12F2N2O2. The number of rotatable bonds is 5. The standard InChI is InChI=1S/C10H12F2N2O2/c1-7(13-6-10(11)12)8-4-2-3-5-9(8)14(15)16/h2-5,7,10,13H,6H2,1H3. The molecule has 0 aliphatic rings. The first-order valence-electron chi connectivity index (χ1n) is 4.77. The van der Waals surface area contributed by atoms with Crippen molar-refractivity contribution in [1.29, 1.82) is 0 Å². The highest BCUT2D eigenvalue weighted by molar-refractivity contribution is 5.41. The van der Waals surface area contributed by atoms with Crippen molar-refractivity contribution in [3.63, 3.8) is 0 Å². The summed E-state index contributed by atoms with van der Waals surface area (Å²) in [6.45, 7) is 1.14. The van der Waals surface area contributed by atoms with E-state index in [4.69, 9.17) is 0 Å². The fourth-order valence-corrected chi connectivity index (χ4v) is 1.40. The van der Waals surface area contributed by atoms with Crippen molar-refractivity contribution in [1.82, 2.24) is 5.32 Å². The van der Waals surface area contributed by atoms with Crippen LogP contribution in [-0.2, 0) is 0 Å². The average Bonchev–Trinajstić information content (AvgIpc) is 2.25. The van der Waals surface area contributed by atoms with E-state index in [1.54, 1.807) is 25.1 Å². The molecule has 0 heterocycles. The third-order valence-electron chi connectivity index (χ3n) is 2.18. The number of hydrogen-bond acceptors (Lipinski definition) is 3. The van der Waals surface area contributed by atoms with E-state index in [1.165, 1.54) is 6.07 Å². The molecule has 1 rings (SSSR count). The van der Waals surface area contributed by atoms with Crippen molar-refractivity contribution in [3.8, 4) is 0 Å². The Labute approximate surface area is 91.4 Å². The van der Waals surface area contributed by atoms with E-state index < -0.39 is 23.9 Å². The molecule has 1 aromatic carbocycles. The van der Waals surface area contributed by atoms with E-state index >= 15 is 0 Å². The van der Waals surface area contributed by atoms with Crippen LogP contribution in [0.1, 0.15) is 18.5 Å². The summed E-state index contributed by atoms with van der Waals surface area (Å²) < 4.78 is 23.9. The molecule has 0 aliphatic carbocycles. The second kappa shape index (κ2) is 5.50. The third-order valence-corrected chi connectivity index (χ3v) is 2.18. The van der Waals surface area contributed by atoms with E-state index in [0.717, 1.165) is 0 Å². The van der Waals surface area contributed by atoms with E-state index in [9.17, 15) is 18.9 Å². The summed E-state index contributed by atoms with van der Waals surface area (Å²) >= 11 is 0. The van der Waals surface area contributed by atoms with Crippen LogP contribution in [0.3, 0.4) is 0 Å². The van der Waals surface area contributed by atoms with Gasteiger partial charge in [0.15, 0.2) is 0 Å². The van der Waals surface area contributed by atoms with Crippen molar-refractivity contribution in [2.75, 3.05) is 6.54 Å². The lowest BCUT2D eigenvalue weighted by Crippen LogP contribution is -2.25. The van der Waals surface area contributed by atoms with Crippen molar-refractivity contribution in [2.24, 2.45) is 0 Å². The number of nitro benzene ring substituents is 1. The minimum atomic E-state index is -2.47. The number of hydrogen-bond donors (Lipinski definition) is 1. The summed E-state index contributed by atoms with van der Waals surface area (Å²) in [5.74, 6) is 0. The van der Waals surface area contributed by atoms with Crippen molar-refractivity contribution < 1.29 is 13.7 Å². The van der Waals surface area contributed by atoms with E-state index in [0.29, 0.717) is 5.56 Å². The van der Waals surface area contributed by atoms with Gasteiger partial charge in [0.05, 0.1) is 11.5 Å². The number of para-hydroxylation sites is 1. The Balaban J connectivity index is 2.82. The molecule has 0 fully saturated rings. The van der Waals surface area contributed by atoms with Crippen LogP contribution in [-0.4, -0.2) is 17.9 Å². The highest BCUT2D eigenvalue weighted by atomic mass is 19.3. The molecule has 4 nitrogen and oxygen atoms in total. The molecule has 1 unspecified atom stereocenters. The first-order valence-corrected chi connectivity index (χ1v) is 4.77. The molecule has 0 spiro atoms. The normalized spacial score (nSPS) is 12.8. The quantitative estimate of drug-likeness (QED) is 0.624. The van der Waals surface area contributed by atoms with Gasteiger partial charge < -0.3 is 5.32 Å². The predicted octanol–water partition coefficient (Wildman–Crippen LogP) is 2.51. The van der Waals surface area contributed by atoms with E-state index in [-0.39, 0.29) is 5.69 Å². The van der Waals surface area contributed by atoms with Gasteiger partial charge in [0.2, 0.25) is 0 Å². The number of nitro groups is 1. The van der Waals surface area contributed by atoms with Gasteiger partial charge in [0.25, 0.3) is 12.1 Å². The molecule has 0 aromatic heterocycles. The number of nitrogens with zero attached hydrogens (tertiary/aromatic N) is 1. The molecule has 0 radical (unpaired) electrons. The molecule has 1 aromatic rings. The van der Waals surface area contributed by atoms with Gasteiger partial charge in [-0.2, -0.15) is 0 Å². The fourth-order valence-electron chi connectivity index (χ4n) is 1.40. The average molecular weight is 230 g/mol. The fraction of sp³-hybridized carbons (Fsp3) is 0.400. The Bertz CT molecular complexity index is 372. The molecule has 1 atom stereocenters. The first-order chi connectivity index (χ1) is 7.52. The van der Waals surface area contributed by atoms with Gasteiger partial charge in [0, 0.05) is 17.7 Å². The molecule has 0 bridgehead atoms. The number of benzene rings is 1. The summed E-state index contributed by atoms with van der Waals surface area (Å²) in [5, 5.41) is 13.2. The molecule has 1 N–H and O–H groups in total. The van der Waals surface area contributed by atoms with Gasteiger partial charge >= 0.3 is 0 Å². The predicted molar refractivity (Wildman–Crippen MR) is 55.5 cm³/mol. The summed E-state index contributed by atoms with van der Waals surface area (Å²) in [7, 11) is 0. The Morgan fingerprint density at radius 1 is 1.44 bits per heavy atom. The SMILES string of the molecule is CC(NCC(F)F)c1ccccc1[N+](=O)[O-]. The Morgan fingerprint density at radius 3 is 2.62 bits per heavy atom. The highest BCUT2D eigenvalue weighted by Gasteiger charge is 2.18. The van der Waals surface area contributed by atoms with Crippen LogP contribution in [0.2, 0.25) is 0 Å². The molecule has 0 amide bonds. The van der Waals surface area contributed by atoms with Crippen LogP contribution in [0.15, 0.2) is 24.3 Å². The van der Waals surface area contributed by atoms with Crippen LogP contribution < -0.4 is 5.32 Å². The zero-order valence-corrected chi connectivity index (χ0v) is 8.69. The number of nitrogens with one attached hydrogen (secondary N) is 1. The molecule has 6 heteroatoms. The second-order valence-electron chi connectivity index (χ2n) is 3.34. The molecule has 16 heavy (non-hydrogen) atoms. The second-order valence-corrected chi connectivity index (χ2v) is 3.34. The van der Waals surface area contributed by atoms with Gasteiger partial charge in [-0.3, -0.25) is 10.1 Å². The van der Waals surface area contributed by atoms with Crippen molar-refractivity contribution >= 4 is 5.69 Å². The zero-order valence-electron chi connectivity index (χ0n) is 8.69. The van der Waals surface area contributed by atoms with Gasteiger partial charge in [-0.15, -0.1) is 0 Å². The largest absolute Gasteiger partial charge is 0.305 e. The van der Waals surface area contributed by atoms with Crippen molar-refractivity contribution in [2.45, 2.75) is 19.4 Å². The smallest absolute Gasteiger partial charge is 0.274 e. The molecule has 0 saturated carbocycles. The maximum absolute atomic E-state index is 12.0. The summed E-state index contributed by atoms with van der Waals surface area (Å²) in [6, 6.07) is 5.62. The molecule has 88 valence electrons. The highest BCUT2D eigenvalue weighted by Crippen LogP contribution is 2.24. The van der Waals surface area contributed by atoms with Crippen LogP contribution in [0.25, 0.3) is 0 Å². The summed E-state index contributed by atoms with van der Waals surface area (Å²) in [4.78, 5) is 10.2. The van der Waals surface area contributed by atoms with Gasteiger partial charge in [-0.1, -0.05) is 18.2 Å². The first kappa shape index (κ1) is 12.5. The summed E-state index contributed by atoms with van der Waals surface area (Å²) in [6.07, 6.45) is -2.47. The van der Waals surface area contributed by atoms with E-state index in [1.807, 2.05) is 0 Å². The maximum Gasteiger partial charge on any atom is 0.274 e. The van der Waals surface area contributed by atoms with Crippen LogP contribution in [0.5, 0.6) is 0 Å². The minimum Gasteiger partial charge on any atom is -0.305 e. The van der Waals surface area contributed by atoms with Crippen LogP contribution in [0, 0.1) is 10.1 Å². The minimum absolute atomic E-state index is 0.0585. The third kappa shape index (κ3) is 3.23. The molecular weight excluding hydrogens is 218 g/mol. The lowest BCUT2D eigenvalue weighted by atomic mass is 10.1. The Kier molecular flexibility index (Phi) is 4.30. The summed E-state index contributed by atoms with van der Waals surface area (Å²) in [5.41, 5.74) is 0.352. The van der Waals surface area contributed by atoms with Crippen LogP contribution >= 0.6 is 0 Å². The van der Waals surface area contributed by atoms with Gasteiger partial charge in [-0.25, -0.2) is 8.78 Å². The number of halogens is 2. The Hall–Kier alpha value is -1.56. The van der Waals surface area contributed by atoms with Gasteiger partial charge in [-0.05, 0) is 6.92 Å². The lowest BCUT2D eigenvalue weighted by Gasteiger charge is -2.13. The topological polar surface area (TPSA) is 55.2 Å². The van der Waals surface area contributed by atoms with Gasteiger partial charge in [0.1, 0.15) is 0 Å². The van der Waals surface area contributed by atoms with Crippen LogP contribution in [0.4, 0.5) is 14.5 Å². The zero-order chi connectivity index (χ0) is 12.1. The van der Waals surface area contributed by atoms with Crippen molar-refractivity contribution in [3.05, 3.63) is 39.9 Å². The lowest BCUT2D eigenvalue weighted by molar-refractivity contribution is -0.385. The Morgan fingerprint density at radius 2 is 2.06 bits per heavy atom. The maximum atomic E-state index is 12.0.